The van der Waals surface area contributed by atoms with Crippen LogP contribution in [0.3, 0.4) is 0 Å². The van der Waals surface area contributed by atoms with Gasteiger partial charge in [0.2, 0.25) is 0 Å². The Kier molecular flexibility index (Phi) is 23.7. The molecule has 1 rings (SSSR count). The SMILES string of the molecule is CCCCCCCCCCCCCCc1cc(CCCCCCCCCCCCCC)nc(CC)n1. The topological polar surface area (TPSA) is 25.8 Å². The number of unbranched alkanes of at least 4 members (excludes halogenated alkanes) is 22. The molecule has 0 saturated carbocycles. The summed E-state index contributed by atoms with van der Waals surface area (Å²) in [6.45, 7) is 6.79. The molecule has 0 N–H and O–H groups in total. The van der Waals surface area contributed by atoms with E-state index in [4.69, 9.17) is 9.97 Å². The highest BCUT2D eigenvalue weighted by Crippen LogP contribution is 2.16. The summed E-state index contributed by atoms with van der Waals surface area (Å²) in [6.07, 6.45) is 37.1. The van der Waals surface area contributed by atoms with Gasteiger partial charge in [0.15, 0.2) is 0 Å². The molecule has 0 aliphatic heterocycles. The quantitative estimate of drug-likeness (QED) is 0.112. The highest BCUT2D eigenvalue weighted by Gasteiger charge is 2.05. The fourth-order valence-corrected chi connectivity index (χ4v) is 5.32. The van der Waals surface area contributed by atoms with Gasteiger partial charge in [-0.1, -0.05) is 162 Å². The van der Waals surface area contributed by atoms with E-state index >= 15 is 0 Å². The molecule has 0 saturated heterocycles. The molecule has 0 radical (unpaired) electrons. The molecule has 1 heterocycles. The van der Waals surface area contributed by atoms with Gasteiger partial charge >= 0.3 is 0 Å². The molecular weight excluding hydrogens is 436 g/mol. The van der Waals surface area contributed by atoms with Crippen molar-refractivity contribution in [1.29, 1.82) is 0 Å². The molecule has 2 nitrogen and oxygen atoms in total. The van der Waals surface area contributed by atoms with Crippen molar-refractivity contribution in [1.82, 2.24) is 9.97 Å². The Hall–Kier alpha value is -0.920. The maximum Gasteiger partial charge on any atom is 0.128 e. The van der Waals surface area contributed by atoms with Crippen LogP contribution in [0.2, 0.25) is 0 Å². The fraction of sp³-hybridized carbons (Fsp3) is 0.882. The standard InChI is InChI=1S/C34H64N2/c1-4-7-9-11-13-15-17-19-21-23-25-27-29-32-31-33(36-34(6-3)35-32)30-28-26-24-22-20-18-16-14-12-10-8-5-2/h31H,4-30H2,1-3H3. The average Bonchev–Trinajstić information content (AvgIpc) is 2.89. The summed E-state index contributed by atoms with van der Waals surface area (Å²) >= 11 is 0. The van der Waals surface area contributed by atoms with Crippen molar-refractivity contribution in [3.63, 3.8) is 0 Å². The minimum Gasteiger partial charge on any atom is -0.238 e. The summed E-state index contributed by atoms with van der Waals surface area (Å²) in [6, 6.07) is 2.32. The summed E-state index contributed by atoms with van der Waals surface area (Å²) in [7, 11) is 0. The lowest BCUT2D eigenvalue weighted by Crippen LogP contribution is -2.03. The van der Waals surface area contributed by atoms with Gasteiger partial charge in [0.1, 0.15) is 5.82 Å². The molecule has 0 aliphatic carbocycles. The molecule has 0 amide bonds. The van der Waals surface area contributed by atoms with E-state index in [1.54, 1.807) is 0 Å². The van der Waals surface area contributed by atoms with Crippen LogP contribution in [0.5, 0.6) is 0 Å². The van der Waals surface area contributed by atoms with E-state index in [0.717, 1.165) is 25.1 Å². The highest BCUT2D eigenvalue weighted by atomic mass is 14.9. The van der Waals surface area contributed by atoms with E-state index in [9.17, 15) is 0 Å². The number of rotatable bonds is 27. The molecule has 1 aromatic heterocycles. The van der Waals surface area contributed by atoms with Gasteiger partial charge in [0.05, 0.1) is 0 Å². The number of hydrogen-bond acceptors (Lipinski definition) is 2. The summed E-state index contributed by atoms with van der Waals surface area (Å²) in [5, 5.41) is 0. The van der Waals surface area contributed by atoms with E-state index < -0.39 is 0 Å². The smallest absolute Gasteiger partial charge is 0.128 e. The zero-order valence-electron chi connectivity index (χ0n) is 25.1. The number of aryl methyl sites for hydroxylation is 3. The Morgan fingerprint density at radius 1 is 0.389 bits per heavy atom. The van der Waals surface area contributed by atoms with Crippen LogP contribution in [0.1, 0.15) is 192 Å². The van der Waals surface area contributed by atoms with Crippen LogP contribution in [0.25, 0.3) is 0 Å². The molecule has 0 fully saturated rings. The zero-order chi connectivity index (χ0) is 25.9. The number of nitrogens with zero attached hydrogens (tertiary/aromatic N) is 2. The maximum absolute atomic E-state index is 4.84. The first-order valence-corrected chi connectivity index (χ1v) is 16.7. The third-order valence-corrected chi connectivity index (χ3v) is 7.77. The van der Waals surface area contributed by atoms with Crippen LogP contribution in [-0.2, 0) is 19.3 Å². The van der Waals surface area contributed by atoms with Crippen molar-refractivity contribution in [3.05, 3.63) is 23.3 Å². The van der Waals surface area contributed by atoms with Gasteiger partial charge in [0.25, 0.3) is 0 Å². The lowest BCUT2D eigenvalue weighted by atomic mass is 10.0. The van der Waals surface area contributed by atoms with E-state index in [1.165, 1.54) is 165 Å². The van der Waals surface area contributed by atoms with Gasteiger partial charge in [-0.15, -0.1) is 0 Å². The minimum absolute atomic E-state index is 0.956. The third kappa shape index (κ3) is 20.2. The predicted molar refractivity (Wildman–Crippen MR) is 161 cm³/mol. The van der Waals surface area contributed by atoms with Crippen LogP contribution in [0.15, 0.2) is 6.07 Å². The second-order valence-corrected chi connectivity index (χ2v) is 11.4. The first-order chi connectivity index (χ1) is 17.8. The monoisotopic (exact) mass is 501 g/mol. The molecule has 210 valence electrons. The molecule has 0 unspecified atom stereocenters. The normalized spacial score (nSPS) is 11.4. The van der Waals surface area contributed by atoms with E-state index in [-0.39, 0.29) is 0 Å². The van der Waals surface area contributed by atoms with Crippen molar-refractivity contribution in [2.75, 3.05) is 0 Å². The second-order valence-electron chi connectivity index (χ2n) is 11.4. The Labute approximate surface area is 227 Å². The zero-order valence-corrected chi connectivity index (χ0v) is 25.1. The molecule has 2 heteroatoms. The second kappa shape index (κ2) is 25.7. The Morgan fingerprint density at radius 3 is 0.944 bits per heavy atom. The molecular formula is C34H64N2. The van der Waals surface area contributed by atoms with Crippen LogP contribution in [0, 0.1) is 0 Å². The average molecular weight is 501 g/mol. The van der Waals surface area contributed by atoms with Gasteiger partial charge < -0.3 is 0 Å². The fourth-order valence-electron chi connectivity index (χ4n) is 5.32. The molecule has 0 atom stereocenters. The van der Waals surface area contributed by atoms with E-state index in [1.807, 2.05) is 0 Å². The van der Waals surface area contributed by atoms with Crippen molar-refractivity contribution >= 4 is 0 Å². The first-order valence-electron chi connectivity index (χ1n) is 16.7. The Balaban J connectivity index is 2.06. The van der Waals surface area contributed by atoms with Gasteiger partial charge in [-0.3, -0.25) is 0 Å². The minimum atomic E-state index is 0.956. The van der Waals surface area contributed by atoms with E-state index in [0.29, 0.717) is 0 Å². The molecule has 36 heavy (non-hydrogen) atoms. The highest BCUT2D eigenvalue weighted by molar-refractivity contribution is 5.12. The van der Waals surface area contributed by atoms with Crippen LogP contribution >= 0.6 is 0 Å². The van der Waals surface area contributed by atoms with E-state index in [2.05, 4.69) is 26.8 Å². The van der Waals surface area contributed by atoms with Crippen LogP contribution < -0.4 is 0 Å². The molecule has 0 spiro atoms. The lowest BCUT2D eigenvalue weighted by Gasteiger charge is -2.08. The molecule has 0 bridgehead atoms. The number of hydrogen-bond donors (Lipinski definition) is 0. The maximum atomic E-state index is 4.84. The van der Waals surface area contributed by atoms with Gasteiger partial charge in [-0.2, -0.15) is 0 Å². The molecule has 0 aromatic carbocycles. The summed E-state index contributed by atoms with van der Waals surface area (Å²) in [5.74, 6) is 1.06. The van der Waals surface area contributed by atoms with Crippen molar-refractivity contribution in [3.8, 4) is 0 Å². The molecule has 1 aromatic rings. The summed E-state index contributed by atoms with van der Waals surface area (Å²) in [5.41, 5.74) is 2.59. The van der Waals surface area contributed by atoms with Crippen molar-refractivity contribution in [2.24, 2.45) is 0 Å². The lowest BCUT2D eigenvalue weighted by molar-refractivity contribution is 0.542. The summed E-state index contributed by atoms with van der Waals surface area (Å²) < 4.78 is 0. The Bertz CT molecular complexity index is 536. The summed E-state index contributed by atoms with van der Waals surface area (Å²) in [4.78, 5) is 9.68. The van der Waals surface area contributed by atoms with Gasteiger partial charge in [-0.25, -0.2) is 9.97 Å². The van der Waals surface area contributed by atoms with Crippen LogP contribution in [-0.4, -0.2) is 9.97 Å². The first kappa shape index (κ1) is 33.1. The predicted octanol–water partition coefficient (Wildman–Crippen LogP) is 11.5. The molecule has 0 aliphatic rings. The van der Waals surface area contributed by atoms with Crippen LogP contribution in [0.4, 0.5) is 0 Å². The largest absolute Gasteiger partial charge is 0.238 e. The Morgan fingerprint density at radius 2 is 0.667 bits per heavy atom. The van der Waals surface area contributed by atoms with Gasteiger partial charge in [0, 0.05) is 17.8 Å². The van der Waals surface area contributed by atoms with Crippen molar-refractivity contribution in [2.45, 2.75) is 194 Å². The van der Waals surface area contributed by atoms with Gasteiger partial charge in [-0.05, 0) is 31.7 Å². The third-order valence-electron chi connectivity index (χ3n) is 7.77. The van der Waals surface area contributed by atoms with Crippen molar-refractivity contribution < 1.29 is 0 Å². The number of aromatic nitrogens is 2.